The third-order valence-corrected chi connectivity index (χ3v) is 2.43. The number of nitrogens with one attached hydrogen (secondary N) is 1. The van der Waals surface area contributed by atoms with Crippen molar-refractivity contribution < 1.29 is 5.11 Å². The summed E-state index contributed by atoms with van der Waals surface area (Å²) in [5.74, 6) is -0.0325. The van der Waals surface area contributed by atoms with Crippen LogP contribution in [0, 0.1) is 5.41 Å². The van der Waals surface area contributed by atoms with Crippen LogP contribution in [0.2, 0.25) is 5.02 Å². The van der Waals surface area contributed by atoms with Gasteiger partial charge in [-0.1, -0.05) is 11.6 Å². The highest BCUT2D eigenvalue weighted by atomic mass is 35.5. The van der Waals surface area contributed by atoms with Crippen molar-refractivity contribution in [3.63, 3.8) is 0 Å². The Balaban J connectivity index is 3.07. The van der Waals surface area contributed by atoms with Crippen molar-refractivity contribution in [3.8, 4) is 0 Å². The molecule has 0 bridgehead atoms. The maximum absolute atomic E-state index is 9.32. The molecule has 5 heteroatoms. The van der Waals surface area contributed by atoms with Gasteiger partial charge in [0, 0.05) is 29.9 Å². The highest BCUT2D eigenvalue weighted by molar-refractivity contribution is 6.31. The lowest BCUT2D eigenvalue weighted by atomic mass is 10.1. The number of aliphatic hydroxyl groups is 1. The third-order valence-electron chi connectivity index (χ3n) is 2.20. The number of nitrogens with two attached hydrogens (primary N) is 1. The van der Waals surface area contributed by atoms with E-state index in [2.05, 4.69) is 0 Å². The molecule has 16 heavy (non-hydrogen) atoms. The molecule has 4 nitrogen and oxygen atoms in total. The second-order valence-electron chi connectivity index (χ2n) is 3.80. The number of anilines is 1. The summed E-state index contributed by atoms with van der Waals surface area (Å²) in [6.07, 6.45) is -0.444. The normalized spacial score (nSPS) is 12.2. The average molecular weight is 242 g/mol. The van der Waals surface area contributed by atoms with Crippen LogP contribution in [0.15, 0.2) is 18.2 Å². The zero-order chi connectivity index (χ0) is 12.3. The predicted molar refractivity (Wildman–Crippen MR) is 67.4 cm³/mol. The van der Waals surface area contributed by atoms with Crippen LogP contribution >= 0.6 is 11.6 Å². The Labute approximate surface area is 100 Å². The Hall–Kier alpha value is -1.26. The van der Waals surface area contributed by atoms with E-state index in [0.717, 1.165) is 5.69 Å². The maximum Gasteiger partial charge on any atom is 0.124 e. The van der Waals surface area contributed by atoms with Crippen LogP contribution < -0.4 is 10.6 Å². The van der Waals surface area contributed by atoms with Crippen LogP contribution in [0.4, 0.5) is 5.69 Å². The SMILES string of the molecule is CC(O)CN(C)c1ccc(Cl)cc1C(=N)N. The van der Waals surface area contributed by atoms with E-state index < -0.39 is 6.10 Å². The molecule has 1 aromatic carbocycles. The van der Waals surface area contributed by atoms with E-state index in [1.807, 2.05) is 11.9 Å². The number of nitrogens with zero attached hydrogens (tertiary/aromatic N) is 1. The Bertz CT molecular complexity index is 393. The van der Waals surface area contributed by atoms with Crippen molar-refractivity contribution in [2.45, 2.75) is 13.0 Å². The molecule has 0 amide bonds. The van der Waals surface area contributed by atoms with E-state index in [-0.39, 0.29) is 5.84 Å². The van der Waals surface area contributed by atoms with Crippen molar-refractivity contribution in [3.05, 3.63) is 28.8 Å². The largest absolute Gasteiger partial charge is 0.392 e. The fourth-order valence-electron chi connectivity index (χ4n) is 1.55. The number of likely N-dealkylation sites (N-methyl/N-ethyl adjacent to an activating group) is 1. The van der Waals surface area contributed by atoms with Gasteiger partial charge in [-0.15, -0.1) is 0 Å². The van der Waals surface area contributed by atoms with Crippen molar-refractivity contribution in [2.75, 3.05) is 18.5 Å². The topological polar surface area (TPSA) is 73.3 Å². The zero-order valence-corrected chi connectivity index (χ0v) is 10.1. The van der Waals surface area contributed by atoms with E-state index in [0.29, 0.717) is 17.1 Å². The van der Waals surface area contributed by atoms with Gasteiger partial charge in [-0.3, -0.25) is 5.41 Å². The van der Waals surface area contributed by atoms with Gasteiger partial charge in [0.15, 0.2) is 0 Å². The lowest BCUT2D eigenvalue weighted by Crippen LogP contribution is -2.29. The summed E-state index contributed by atoms with van der Waals surface area (Å²) in [5, 5.41) is 17.3. The summed E-state index contributed by atoms with van der Waals surface area (Å²) in [6.45, 7) is 2.18. The first-order valence-corrected chi connectivity index (χ1v) is 5.32. The van der Waals surface area contributed by atoms with Gasteiger partial charge in [-0.25, -0.2) is 0 Å². The monoisotopic (exact) mass is 241 g/mol. The molecule has 0 aliphatic heterocycles. The van der Waals surface area contributed by atoms with E-state index in [9.17, 15) is 5.11 Å². The molecule has 0 aliphatic rings. The second kappa shape index (κ2) is 5.18. The molecule has 88 valence electrons. The molecule has 0 fully saturated rings. The number of hydrogen-bond donors (Lipinski definition) is 3. The van der Waals surface area contributed by atoms with Crippen LogP contribution in [-0.4, -0.2) is 30.6 Å². The molecule has 0 saturated carbocycles. The molecule has 1 atom stereocenters. The summed E-state index contributed by atoms with van der Waals surface area (Å²) >= 11 is 5.85. The number of halogens is 1. The molecule has 0 radical (unpaired) electrons. The van der Waals surface area contributed by atoms with Crippen LogP contribution in [0.25, 0.3) is 0 Å². The predicted octanol–water partition coefficient (Wildman–Crippen LogP) is 1.44. The first-order chi connectivity index (χ1) is 7.41. The van der Waals surface area contributed by atoms with Gasteiger partial charge in [0.05, 0.1) is 6.10 Å². The summed E-state index contributed by atoms with van der Waals surface area (Å²) in [5.41, 5.74) is 6.86. The Morgan fingerprint density at radius 2 is 2.25 bits per heavy atom. The number of nitrogen functional groups attached to an aromatic ring is 1. The average Bonchev–Trinajstić information content (AvgIpc) is 2.16. The number of benzene rings is 1. The lowest BCUT2D eigenvalue weighted by molar-refractivity contribution is 0.201. The highest BCUT2D eigenvalue weighted by Crippen LogP contribution is 2.23. The molecule has 4 N–H and O–H groups in total. The van der Waals surface area contributed by atoms with Gasteiger partial charge in [-0.2, -0.15) is 0 Å². The molecule has 0 heterocycles. The number of rotatable bonds is 4. The fraction of sp³-hybridized carbons (Fsp3) is 0.364. The molecule has 0 aromatic heterocycles. The second-order valence-corrected chi connectivity index (χ2v) is 4.24. The maximum atomic E-state index is 9.32. The first-order valence-electron chi connectivity index (χ1n) is 4.95. The number of aliphatic hydroxyl groups excluding tert-OH is 1. The van der Waals surface area contributed by atoms with Crippen LogP contribution in [0.3, 0.4) is 0 Å². The summed E-state index contributed by atoms with van der Waals surface area (Å²) < 4.78 is 0. The molecule has 0 saturated heterocycles. The summed E-state index contributed by atoms with van der Waals surface area (Å²) in [4.78, 5) is 1.84. The zero-order valence-electron chi connectivity index (χ0n) is 9.37. The van der Waals surface area contributed by atoms with Crippen LogP contribution in [0.5, 0.6) is 0 Å². The van der Waals surface area contributed by atoms with Crippen LogP contribution in [-0.2, 0) is 0 Å². The van der Waals surface area contributed by atoms with Crippen molar-refractivity contribution in [2.24, 2.45) is 5.73 Å². The van der Waals surface area contributed by atoms with Crippen LogP contribution in [0.1, 0.15) is 12.5 Å². The van der Waals surface area contributed by atoms with E-state index in [1.165, 1.54) is 0 Å². The van der Waals surface area contributed by atoms with Crippen molar-refractivity contribution in [1.29, 1.82) is 5.41 Å². The molecular formula is C11H16ClN3O. The van der Waals surface area contributed by atoms with Gasteiger partial charge in [0.2, 0.25) is 0 Å². The number of amidine groups is 1. The fourth-order valence-corrected chi connectivity index (χ4v) is 1.72. The smallest absolute Gasteiger partial charge is 0.124 e. The Morgan fingerprint density at radius 3 is 2.75 bits per heavy atom. The van der Waals surface area contributed by atoms with Crippen molar-refractivity contribution in [1.82, 2.24) is 0 Å². The van der Waals surface area contributed by atoms with Gasteiger partial charge in [0.1, 0.15) is 5.84 Å². The lowest BCUT2D eigenvalue weighted by Gasteiger charge is -2.23. The summed E-state index contributed by atoms with van der Waals surface area (Å²) in [6, 6.07) is 5.18. The molecular weight excluding hydrogens is 226 g/mol. The van der Waals surface area contributed by atoms with Gasteiger partial charge >= 0.3 is 0 Å². The van der Waals surface area contributed by atoms with Gasteiger partial charge in [-0.05, 0) is 25.1 Å². The van der Waals surface area contributed by atoms with Gasteiger partial charge in [0.25, 0.3) is 0 Å². The highest BCUT2D eigenvalue weighted by Gasteiger charge is 2.11. The van der Waals surface area contributed by atoms with E-state index in [4.69, 9.17) is 22.7 Å². The molecule has 0 spiro atoms. The van der Waals surface area contributed by atoms with Crippen molar-refractivity contribution >= 4 is 23.1 Å². The molecule has 0 aliphatic carbocycles. The van der Waals surface area contributed by atoms with Gasteiger partial charge < -0.3 is 15.7 Å². The molecule has 1 unspecified atom stereocenters. The summed E-state index contributed by atoms with van der Waals surface area (Å²) in [7, 11) is 1.84. The third kappa shape index (κ3) is 3.12. The number of hydrogen-bond acceptors (Lipinski definition) is 3. The molecule has 1 rings (SSSR count). The van der Waals surface area contributed by atoms with E-state index in [1.54, 1.807) is 25.1 Å². The minimum atomic E-state index is -0.444. The Morgan fingerprint density at radius 1 is 1.62 bits per heavy atom. The Kier molecular flexibility index (Phi) is 4.15. The molecule has 1 aromatic rings. The standard InChI is InChI=1S/C11H16ClN3O/c1-7(16)6-15(2)10-4-3-8(12)5-9(10)11(13)14/h3-5,7,16H,6H2,1-2H3,(H3,13,14). The van der Waals surface area contributed by atoms with E-state index >= 15 is 0 Å². The minimum Gasteiger partial charge on any atom is -0.392 e. The first kappa shape index (κ1) is 12.8. The minimum absolute atomic E-state index is 0.0325. The quantitative estimate of drug-likeness (QED) is 0.552.